The number of nitrogens with zero attached hydrogens (tertiary/aromatic N) is 1. The Morgan fingerprint density at radius 2 is 1.06 bits per heavy atom. The number of benzene rings is 2. The van der Waals surface area contributed by atoms with Gasteiger partial charge in [0.25, 0.3) is 0 Å². The highest BCUT2D eigenvalue weighted by Crippen LogP contribution is 2.28. The largest absolute Gasteiger partial charge is 0.508 e. The number of aliphatic hydroxyl groups excluding tert-OH is 1. The number of fused-ring (bicyclic) bond motifs is 20. The van der Waals surface area contributed by atoms with Crippen LogP contribution in [0.4, 0.5) is 0 Å². The van der Waals surface area contributed by atoms with Crippen molar-refractivity contribution in [3.8, 4) is 11.5 Å². The van der Waals surface area contributed by atoms with Gasteiger partial charge in [-0.1, -0.05) is 89.0 Å². The van der Waals surface area contributed by atoms with E-state index >= 15 is 9.59 Å². The predicted octanol–water partition coefficient (Wildman–Crippen LogP) is -5.94. The number of hydrogen-bond donors (Lipinski definition) is 19. The molecule has 4 fully saturated rings. The summed E-state index contributed by atoms with van der Waals surface area (Å²) in [6.45, 7) is 1.18. The van der Waals surface area contributed by atoms with Crippen LogP contribution in [-0.4, -0.2) is 257 Å². The number of carbonyl (C=O) groups is 16. The van der Waals surface area contributed by atoms with Crippen molar-refractivity contribution in [3.63, 3.8) is 0 Å². The molecular formula is C59H79N15O21S6. The number of primary amides is 1. The summed E-state index contributed by atoms with van der Waals surface area (Å²) in [4.78, 5) is 227. The van der Waals surface area contributed by atoms with Crippen LogP contribution in [0.1, 0.15) is 57.1 Å². The number of carboxylic acid groups (broad SMARTS) is 2. The Kier molecular flexibility index (Phi) is 32.1. The molecule has 21 N–H and O–H groups in total. The first-order valence-corrected chi connectivity index (χ1v) is 38.7. The van der Waals surface area contributed by atoms with Crippen LogP contribution in [0.15, 0.2) is 48.5 Å². The molecule has 0 aromatic heterocycles. The zero-order valence-electron chi connectivity index (χ0n) is 54.1. The summed E-state index contributed by atoms with van der Waals surface area (Å²) in [5, 5.41) is 80.4. The molecule has 0 spiro atoms. The average Bonchev–Trinajstić information content (AvgIpc) is 1.75. The van der Waals surface area contributed by atoms with Crippen molar-refractivity contribution in [2.45, 2.75) is 143 Å². The maximum atomic E-state index is 15.1. The van der Waals surface area contributed by atoms with Gasteiger partial charge in [-0.3, -0.25) is 71.9 Å². The minimum absolute atomic E-state index is 0.00937. The van der Waals surface area contributed by atoms with Crippen LogP contribution in [0.2, 0.25) is 0 Å². The normalized spacial score (nSPS) is 27.3. The Bertz CT molecular complexity index is 3400. The number of rotatable bonds is 13. The molecule has 36 nitrogen and oxygen atoms in total. The number of carbonyl (C=O) groups excluding carboxylic acids is 14. The molecule has 42 heteroatoms. The highest BCUT2D eigenvalue weighted by molar-refractivity contribution is 8.77. The molecular weight excluding hydrogens is 1450 g/mol. The number of aromatic hydroxyl groups is 2. The molecule has 6 rings (SSSR count). The Labute approximate surface area is 600 Å². The molecule has 2 aromatic rings. The van der Waals surface area contributed by atoms with E-state index < -0.39 is 240 Å². The maximum Gasteiger partial charge on any atom is 0.326 e. The van der Waals surface area contributed by atoms with Gasteiger partial charge in [0.2, 0.25) is 82.7 Å². The quantitative estimate of drug-likeness (QED) is 0.0656. The van der Waals surface area contributed by atoms with E-state index in [1.807, 2.05) is 0 Å². The number of aliphatic hydroxyl groups is 1. The van der Waals surface area contributed by atoms with Gasteiger partial charge < -0.3 is 106 Å². The summed E-state index contributed by atoms with van der Waals surface area (Å²) >= 11 is 0. The SMILES string of the molecule is C[C@@H]1NC(=O)[C@@H]2CCCN2C(=O)[C@H](CC(N)=O)NC(=O)[C@@H]2CSSC[C@H](N)C(=O)N[C@H]3CSSC[C@H](NC1=O)C(=O)NC([C@@H](C)O)C(=O)NCC(=O)N[C@H](C(=O)N[C@@H](Cc1ccc(O)cc1)C(=O)O)CSSC[C@H](NC(=O)[C@H](Cc1ccc(O)cc1)NC(=O)C(CCC(=O)O)NC3=O)C(=O)N2. The van der Waals surface area contributed by atoms with Crippen LogP contribution in [0, 0.1) is 0 Å². The van der Waals surface area contributed by atoms with Gasteiger partial charge >= 0.3 is 11.9 Å². The molecule has 14 amide bonds. The molecule has 4 aliphatic rings. The van der Waals surface area contributed by atoms with Crippen molar-refractivity contribution in [1.29, 1.82) is 0 Å². The molecule has 4 saturated heterocycles. The topological polar surface area (TPSA) is 574 Å². The van der Waals surface area contributed by atoms with Gasteiger partial charge in [0.15, 0.2) is 0 Å². The number of phenolic OH excluding ortho intramolecular Hbond substituents is 2. The molecule has 14 atom stereocenters. The van der Waals surface area contributed by atoms with E-state index in [1.54, 1.807) is 0 Å². The third kappa shape index (κ3) is 25.9. The third-order valence-corrected chi connectivity index (χ3v) is 22.9. The summed E-state index contributed by atoms with van der Waals surface area (Å²) in [5.74, 6) is -21.7. The summed E-state index contributed by atoms with van der Waals surface area (Å²) in [6, 6.07) is -11.7. The van der Waals surface area contributed by atoms with Gasteiger partial charge in [0, 0.05) is 60.3 Å². The first-order valence-electron chi connectivity index (χ1n) is 31.2. The van der Waals surface area contributed by atoms with Gasteiger partial charge in [-0.05, 0) is 68.5 Å². The summed E-state index contributed by atoms with van der Waals surface area (Å²) in [5.41, 5.74) is 12.6. The third-order valence-electron chi connectivity index (χ3n) is 15.6. The number of carboxylic acids is 2. The van der Waals surface area contributed by atoms with Crippen LogP contribution in [0.25, 0.3) is 0 Å². The van der Waals surface area contributed by atoms with Crippen LogP contribution < -0.4 is 75.3 Å². The molecule has 552 valence electrons. The number of aliphatic carboxylic acids is 2. The minimum Gasteiger partial charge on any atom is -0.508 e. The van der Waals surface area contributed by atoms with E-state index in [1.165, 1.54) is 55.5 Å². The van der Waals surface area contributed by atoms with Crippen molar-refractivity contribution in [1.82, 2.24) is 68.7 Å². The Balaban J connectivity index is 1.56. The lowest BCUT2D eigenvalue weighted by Gasteiger charge is -2.30. The fraction of sp³-hybridized carbons (Fsp3) is 0.525. The van der Waals surface area contributed by atoms with Gasteiger partial charge in [0.05, 0.1) is 25.1 Å². The van der Waals surface area contributed by atoms with Gasteiger partial charge in [0.1, 0.15) is 84.0 Å². The molecule has 4 heterocycles. The fourth-order valence-corrected chi connectivity index (χ4v) is 17.0. The number of phenols is 2. The second kappa shape index (κ2) is 39.7. The second-order valence-corrected chi connectivity index (χ2v) is 31.1. The average molecular weight is 1530 g/mol. The standard InChI is InChI=1S/C59H79N15O21S6/c1-26-47(82)69-41-25-101-99-22-38-52(87)65-33(13-14-45(80)81)49(84)66-34(16-28-5-9-30(76)10-6-28)50(85)71-40(54(89)72-39(23-97-96-20-32(60)48(83)70-38)53(88)67-35(18-43(61)78)58(93)74-15-3-4-42(74)56(91)63-26)24-100-98-21-37(64-44(79)19-62-57(92)46(27(2)75)73-55(41)90)51(86)68-36(59(94)95)17-29-7-11-31(77)12-8-29/h5-12,26-27,32-42,46,75-77H,3-4,13-25,60H2,1-2H3,(H2,61,78)(H,62,92)(H,63,91)(H,64,79)(H,65,87)(H,66,84)(H,67,88)(H,68,86)(H,69,82)(H,70,83)(H,71,85)(H,72,89)(H,73,90)(H,80,81)(H,94,95)/t26-,27+,32-,33?,34-,35-,36-,37-,38-,39-,40-,41-,42-,46?/m0/s1. The van der Waals surface area contributed by atoms with E-state index in [0.717, 1.165) is 76.6 Å². The lowest BCUT2D eigenvalue weighted by atomic mass is 10.0. The maximum absolute atomic E-state index is 15.1. The number of hydrogen-bond acceptors (Lipinski definition) is 26. The van der Waals surface area contributed by atoms with Crippen LogP contribution >= 0.6 is 64.8 Å². The van der Waals surface area contributed by atoms with Crippen molar-refractivity contribution >= 4 is 159 Å². The van der Waals surface area contributed by atoms with Gasteiger partial charge in [-0.2, -0.15) is 0 Å². The zero-order valence-corrected chi connectivity index (χ0v) is 59.0. The molecule has 101 heavy (non-hydrogen) atoms. The van der Waals surface area contributed by atoms with Crippen LogP contribution in [0.5, 0.6) is 11.5 Å². The second-order valence-electron chi connectivity index (χ2n) is 23.5. The van der Waals surface area contributed by atoms with Crippen molar-refractivity contribution < 1.29 is 102 Å². The molecule has 0 saturated carbocycles. The minimum atomic E-state index is -1.93. The smallest absolute Gasteiger partial charge is 0.326 e. The number of nitrogens with two attached hydrogens (primary N) is 2. The molecule has 4 aliphatic heterocycles. The first kappa shape index (κ1) is 81.5. The summed E-state index contributed by atoms with van der Waals surface area (Å²) < 4.78 is 0. The fourth-order valence-electron chi connectivity index (χ4n) is 10.0. The van der Waals surface area contributed by atoms with Gasteiger partial charge in [-0.25, -0.2) is 4.79 Å². The van der Waals surface area contributed by atoms with Gasteiger partial charge in [-0.15, -0.1) is 0 Å². The lowest BCUT2D eigenvalue weighted by Crippen LogP contribution is -2.61. The Morgan fingerprint density at radius 1 is 0.574 bits per heavy atom. The number of amides is 14. The monoisotopic (exact) mass is 1530 g/mol. The molecule has 2 unspecified atom stereocenters. The van der Waals surface area contributed by atoms with Crippen LogP contribution in [0.3, 0.4) is 0 Å². The van der Waals surface area contributed by atoms with E-state index in [9.17, 15) is 92.7 Å². The lowest BCUT2D eigenvalue weighted by molar-refractivity contribution is -0.143. The number of nitrogens with one attached hydrogen (secondary N) is 12. The Morgan fingerprint density at radius 3 is 1.61 bits per heavy atom. The van der Waals surface area contributed by atoms with E-state index in [-0.39, 0.29) is 48.6 Å². The summed E-state index contributed by atoms with van der Waals surface area (Å²) in [7, 11) is 4.74. The Hall–Kier alpha value is -8.42. The van der Waals surface area contributed by atoms with Crippen LogP contribution in [-0.2, 0) is 89.6 Å². The van der Waals surface area contributed by atoms with E-state index in [4.69, 9.17) is 11.5 Å². The highest BCUT2D eigenvalue weighted by Gasteiger charge is 2.42. The molecule has 0 aliphatic carbocycles. The molecule has 2 aromatic carbocycles. The summed E-state index contributed by atoms with van der Waals surface area (Å²) in [6.07, 6.45) is -4.71. The van der Waals surface area contributed by atoms with E-state index in [0.29, 0.717) is 5.56 Å². The molecule has 4 bridgehead atoms. The van der Waals surface area contributed by atoms with Crippen molar-refractivity contribution in [3.05, 3.63) is 59.7 Å². The van der Waals surface area contributed by atoms with Crippen molar-refractivity contribution in [2.75, 3.05) is 47.6 Å². The highest BCUT2D eigenvalue weighted by atomic mass is 33.1. The van der Waals surface area contributed by atoms with E-state index in [2.05, 4.69) is 63.8 Å². The van der Waals surface area contributed by atoms with Crippen molar-refractivity contribution in [2.24, 2.45) is 11.5 Å². The predicted molar refractivity (Wildman–Crippen MR) is 371 cm³/mol. The first-order chi connectivity index (χ1) is 47.9. The zero-order chi connectivity index (χ0) is 74.2. The molecule has 0 radical (unpaired) electrons.